The van der Waals surface area contributed by atoms with Crippen molar-refractivity contribution < 1.29 is 14.3 Å². The predicted molar refractivity (Wildman–Crippen MR) is 145 cm³/mol. The van der Waals surface area contributed by atoms with E-state index in [0.717, 1.165) is 50.9 Å². The molecule has 0 spiro atoms. The van der Waals surface area contributed by atoms with Crippen molar-refractivity contribution in [2.24, 2.45) is 5.92 Å². The summed E-state index contributed by atoms with van der Waals surface area (Å²) in [5.74, 6) is 1.01. The molecule has 2 saturated heterocycles. The molecule has 4 atom stereocenters. The van der Waals surface area contributed by atoms with Gasteiger partial charge in [-0.2, -0.15) is 25.3 Å². The summed E-state index contributed by atoms with van der Waals surface area (Å²) in [6.45, 7) is 3.39. The van der Waals surface area contributed by atoms with Crippen LogP contribution < -0.4 is 5.32 Å². The Morgan fingerprint density at radius 1 is 1.18 bits per heavy atom. The number of fused-ring (bicyclic) bond motifs is 2. The lowest BCUT2D eigenvalue weighted by Gasteiger charge is -2.44. The van der Waals surface area contributed by atoms with Gasteiger partial charge < -0.3 is 10.1 Å². The van der Waals surface area contributed by atoms with E-state index in [1.807, 2.05) is 18.2 Å². The molecular formula is C24H35Cl2N3O3S2. The van der Waals surface area contributed by atoms with Gasteiger partial charge in [0.05, 0.1) is 29.6 Å². The number of nitrogens with one attached hydrogen (secondary N) is 1. The standard InChI is InChI=1S/C24H35Cl2N3O3S2/c1-32-24(31)23-18(16-3-5-19(25)20(26)13-16)14-17-4-6-21(23)29(17)9-2-8-28(10-12-34)15-22(30)27-7-11-33/h3,5,13,17-18,21,23,33-34H,2,4,6-12,14-15H2,1H3,(H,27,30). The van der Waals surface area contributed by atoms with Crippen LogP contribution in [0, 0.1) is 5.92 Å². The number of hydrogen-bond donors (Lipinski definition) is 3. The fraction of sp³-hybridized carbons (Fsp3) is 0.667. The average Bonchev–Trinajstić information content (AvgIpc) is 3.09. The fourth-order valence-corrected chi connectivity index (χ4v) is 6.25. The maximum atomic E-state index is 12.9. The minimum absolute atomic E-state index is 0.0177. The maximum absolute atomic E-state index is 12.9. The van der Waals surface area contributed by atoms with Gasteiger partial charge in [0.15, 0.2) is 0 Å². The summed E-state index contributed by atoms with van der Waals surface area (Å²) < 4.78 is 5.25. The smallest absolute Gasteiger partial charge is 0.310 e. The summed E-state index contributed by atoms with van der Waals surface area (Å²) in [4.78, 5) is 29.7. The van der Waals surface area contributed by atoms with Crippen molar-refractivity contribution in [1.29, 1.82) is 0 Å². The van der Waals surface area contributed by atoms with Gasteiger partial charge in [-0.3, -0.25) is 19.4 Å². The van der Waals surface area contributed by atoms with Gasteiger partial charge in [-0.25, -0.2) is 0 Å². The van der Waals surface area contributed by atoms with Gasteiger partial charge in [-0.15, -0.1) is 0 Å². The molecule has 6 nitrogen and oxygen atoms in total. The minimum Gasteiger partial charge on any atom is -0.469 e. The third kappa shape index (κ3) is 6.98. The van der Waals surface area contributed by atoms with Crippen LogP contribution in [0.25, 0.3) is 0 Å². The van der Waals surface area contributed by atoms with E-state index in [-0.39, 0.29) is 29.8 Å². The number of halogens is 2. The quantitative estimate of drug-likeness (QED) is 0.274. The Hall–Kier alpha value is -0.640. The molecule has 4 unspecified atom stereocenters. The summed E-state index contributed by atoms with van der Waals surface area (Å²) in [6, 6.07) is 6.25. The number of carbonyl (C=O) groups is 2. The molecule has 3 rings (SSSR count). The third-order valence-electron chi connectivity index (χ3n) is 7.02. The molecule has 0 radical (unpaired) electrons. The largest absolute Gasteiger partial charge is 0.469 e. The molecular weight excluding hydrogens is 513 g/mol. The van der Waals surface area contributed by atoms with Crippen molar-refractivity contribution in [2.75, 3.05) is 51.3 Å². The fourth-order valence-electron chi connectivity index (χ4n) is 5.55. The van der Waals surface area contributed by atoms with Crippen LogP contribution in [0.1, 0.15) is 37.2 Å². The highest BCUT2D eigenvalue weighted by atomic mass is 35.5. The van der Waals surface area contributed by atoms with Crippen molar-refractivity contribution in [1.82, 2.24) is 15.1 Å². The van der Waals surface area contributed by atoms with Crippen molar-refractivity contribution in [3.63, 3.8) is 0 Å². The number of benzene rings is 1. The molecule has 0 aliphatic carbocycles. The van der Waals surface area contributed by atoms with Gasteiger partial charge >= 0.3 is 5.97 Å². The van der Waals surface area contributed by atoms with Crippen molar-refractivity contribution >= 4 is 60.3 Å². The van der Waals surface area contributed by atoms with Crippen LogP contribution in [0.15, 0.2) is 18.2 Å². The molecule has 190 valence electrons. The average molecular weight is 549 g/mol. The third-order valence-corrected chi connectivity index (χ3v) is 8.18. The number of amides is 1. The van der Waals surface area contributed by atoms with Crippen LogP contribution in [-0.4, -0.2) is 85.1 Å². The van der Waals surface area contributed by atoms with E-state index in [2.05, 4.69) is 40.4 Å². The van der Waals surface area contributed by atoms with E-state index < -0.39 is 0 Å². The number of rotatable bonds is 12. The van der Waals surface area contributed by atoms with Crippen LogP contribution in [0.5, 0.6) is 0 Å². The van der Waals surface area contributed by atoms with Crippen LogP contribution in [0.3, 0.4) is 0 Å². The molecule has 10 heteroatoms. The van der Waals surface area contributed by atoms with Gasteiger partial charge in [0.1, 0.15) is 0 Å². The lowest BCUT2D eigenvalue weighted by Crippen LogP contribution is -2.51. The highest BCUT2D eigenvalue weighted by Gasteiger charge is 2.50. The molecule has 2 aliphatic heterocycles. The first kappa shape index (κ1) is 27.9. The lowest BCUT2D eigenvalue weighted by molar-refractivity contribution is -0.150. The number of esters is 1. The SMILES string of the molecule is COC(=O)C1C(c2ccc(Cl)c(Cl)c2)CC2CCC1N2CCCN(CCS)CC(=O)NCCS. The Bertz CT molecular complexity index is 848. The van der Waals surface area contributed by atoms with Crippen LogP contribution >= 0.6 is 48.5 Å². The number of piperidine rings is 1. The van der Waals surface area contributed by atoms with Crippen LogP contribution in [-0.2, 0) is 14.3 Å². The zero-order valence-electron chi connectivity index (χ0n) is 19.6. The van der Waals surface area contributed by atoms with Crippen molar-refractivity contribution in [3.8, 4) is 0 Å². The van der Waals surface area contributed by atoms with Crippen LogP contribution in [0.4, 0.5) is 0 Å². The maximum Gasteiger partial charge on any atom is 0.310 e. The monoisotopic (exact) mass is 547 g/mol. The molecule has 1 N–H and O–H groups in total. The number of hydrogen-bond acceptors (Lipinski definition) is 7. The second-order valence-electron chi connectivity index (χ2n) is 9.03. The molecule has 2 heterocycles. The van der Waals surface area contributed by atoms with Crippen molar-refractivity contribution in [3.05, 3.63) is 33.8 Å². The highest BCUT2D eigenvalue weighted by Crippen LogP contribution is 2.48. The van der Waals surface area contributed by atoms with Gasteiger partial charge in [-0.05, 0) is 56.5 Å². The topological polar surface area (TPSA) is 61.9 Å². The Kier molecular flexibility index (Phi) is 11.2. The number of thiol groups is 2. The van der Waals surface area contributed by atoms with Crippen molar-refractivity contribution in [2.45, 2.75) is 43.7 Å². The molecule has 1 aromatic rings. The Morgan fingerprint density at radius 3 is 2.65 bits per heavy atom. The molecule has 2 bridgehead atoms. The number of ether oxygens (including phenoxy) is 1. The molecule has 34 heavy (non-hydrogen) atoms. The molecule has 2 fully saturated rings. The minimum atomic E-state index is -0.235. The second-order valence-corrected chi connectivity index (χ2v) is 10.7. The van der Waals surface area contributed by atoms with E-state index in [9.17, 15) is 9.59 Å². The summed E-state index contributed by atoms with van der Waals surface area (Å²) in [5, 5.41) is 3.91. The Labute approximate surface area is 223 Å². The summed E-state index contributed by atoms with van der Waals surface area (Å²) in [5.41, 5.74) is 1.05. The molecule has 1 aromatic carbocycles. The van der Waals surface area contributed by atoms with E-state index in [0.29, 0.717) is 40.7 Å². The summed E-state index contributed by atoms with van der Waals surface area (Å²) in [7, 11) is 1.47. The Balaban J connectivity index is 1.66. The van der Waals surface area contributed by atoms with E-state index >= 15 is 0 Å². The first-order valence-corrected chi connectivity index (χ1v) is 13.9. The van der Waals surface area contributed by atoms with Crippen LogP contribution in [0.2, 0.25) is 10.0 Å². The molecule has 0 saturated carbocycles. The van der Waals surface area contributed by atoms with Gasteiger partial charge in [0.25, 0.3) is 0 Å². The van der Waals surface area contributed by atoms with E-state index in [1.54, 1.807) is 0 Å². The first-order chi connectivity index (χ1) is 16.4. The second kappa shape index (κ2) is 13.6. The number of methoxy groups -OCH3 is 1. The van der Waals surface area contributed by atoms with Gasteiger partial charge in [0.2, 0.25) is 5.91 Å². The van der Waals surface area contributed by atoms with Gasteiger partial charge in [-0.1, -0.05) is 29.3 Å². The molecule has 2 aliphatic rings. The molecule has 0 aromatic heterocycles. The Morgan fingerprint density at radius 2 is 1.97 bits per heavy atom. The van der Waals surface area contributed by atoms with Gasteiger partial charge in [0, 0.05) is 42.6 Å². The zero-order valence-corrected chi connectivity index (χ0v) is 22.9. The summed E-state index contributed by atoms with van der Waals surface area (Å²) in [6.07, 6.45) is 3.86. The molecule has 1 amide bonds. The zero-order chi connectivity index (χ0) is 24.7. The number of carbonyl (C=O) groups excluding carboxylic acids is 2. The highest BCUT2D eigenvalue weighted by molar-refractivity contribution is 7.80. The number of nitrogens with zero attached hydrogens (tertiary/aromatic N) is 2. The summed E-state index contributed by atoms with van der Waals surface area (Å²) >= 11 is 20.9. The lowest BCUT2D eigenvalue weighted by atomic mass is 9.76. The first-order valence-electron chi connectivity index (χ1n) is 11.9. The normalized spacial score (nSPS) is 24.4. The van der Waals surface area contributed by atoms with E-state index in [1.165, 1.54) is 7.11 Å². The van der Waals surface area contributed by atoms with E-state index in [4.69, 9.17) is 27.9 Å². The predicted octanol–water partition coefficient (Wildman–Crippen LogP) is 3.77.